The molecular weight excluding hydrogens is 270 g/mol. The van der Waals surface area contributed by atoms with E-state index in [1.54, 1.807) is 11.8 Å². The van der Waals surface area contributed by atoms with E-state index in [1.807, 2.05) is 36.4 Å². The molecule has 3 nitrogen and oxygen atoms in total. The summed E-state index contributed by atoms with van der Waals surface area (Å²) >= 11 is 1.60. The summed E-state index contributed by atoms with van der Waals surface area (Å²) < 4.78 is 0. The number of benzene rings is 2. The Morgan fingerprint density at radius 1 is 0.950 bits per heavy atom. The fourth-order valence-electron chi connectivity index (χ4n) is 2.41. The molecule has 0 N–H and O–H groups in total. The molecule has 2 aromatic rings. The molecule has 0 atom stereocenters. The summed E-state index contributed by atoms with van der Waals surface area (Å²) in [6.45, 7) is 2.92. The minimum Gasteiger partial charge on any atom is -0.340 e. The van der Waals surface area contributed by atoms with Crippen molar-refractivity contribution >= 4 is 35.7 Å². The van der Waals surface area contributed by atoms with E-state index < -0.39 is 0 Å². The molecular formula is C16H13NO2S. The number of hydrogen-bond donors (Lipinski definition) is 0. The van der Waals surface area contributed by atoms with E-state index in [2.05, 4.69) is 11.8 Å². The molecule has 1 heterocycles. The van der Waals surface area contributed by atoms with Gasteiger partial charge in [0.05, 0.1) is 11.4 Å². The molecule has 100 valence electrons. The number of fused-ring (bicyclic) bond motifs is 2. The van der Waals surface area contributed by atoms with Gasteiger partial charge in [-0.1, -0.05) is 11.8 Å². The number of aldehydes is 2. The Kier molecular flexibility index (Phi) is 3.32. The first kappa shape index (κ1) is 12.9. The van der Waals surface area contributed by atoms with E-state index in [9.17, 15) is 9.59 Å². The quantitative estimate of drug-likeness (QED) is 0.800. The number of carbonyl (C=O) groups is 2. The minimum atomic E-state index is 0.669. The second kappa shape index (κ2) is 5.13. The third-order valence-corrected chi connectivity index (χ3v) is 4.45. The highest BCUT2D eigenvalue weighted by Gasteiger charge is 2.22. The smallest absolute Gasteiger partial charge is 0.150 e. The lowest BCUT2D eigenvalue weighted by molar-refractivity contribution is 0.111. The van der Waals surface area contributed by atoms with Gasteiger partial charge in [0.25, 0.3) is 0 Å². The molecule has 0 saturated heterocycles. The normalized spacial score (nSPS) is 12.6. The molecule has 3 rings (SSSR count). The summed E-state index contributed by atoms with van der Waals surface area (Å²) in [6.07, 6.45) is 1.71. The standard InChI is InChI=1S/C16H13NO2S/c1-2-17-13-5-3-11(9-18)7-15(13)20-16-8-12(10-19)4-6-14(16)17/h3-10H,2H2,1H3. The van der Waals surface area contributed by atoms with Crippen molar-refractivity contribution < 1.29 is 9.59 Å². The largest absolute Gasteiger partial charge is 0.340 e. The van der Waals surface area contributed by atoms with Gasteiger partial charge in [0.1, 0.15) is 12.6 Å². The molecule has 0 fully saturated rings. The van der Waals surface area contributed by atoms with Crippen LogP contribution in [-0.2, 0) is 0 Å². The van der Waals surface area contributed by atoms with Crippen LogP contribution in [0.5, 0.6) is 0 Å². The SMILES string of the molecule is CCN1c2ccc(C=O)cc2Sc2cc(C=O)ccc21. The van der Waals surface area contributed by atoms with Gasteiger partial charge < -0.3 is 4.90 Å². The number of hydrogen-bond acceptors (Lipinski definition) is 4. The van der Waals surface area contributed by atoms with Gasteiger partial charge in [-0.25, -0.2) is 0 Å². The average Bonchev–Trinajstić information content (AvgIpc) is 2.51. The van der Waals surface area contributed by atoms with E-state index in [-0.39, 0.29) is 0 Å². The van der Waals surface area contributed by atoms with Gasteiger partial charge in [-0.3, -0.25) is 9.59 Å². The van der Waals surface area contributed by atoms with Gasteiger partial charge >= 0.3 is 0 Å². The molecule has 0 unspecified atom stereocenters. The lowest BCUT2D eigenvalue weighted by Crippen LogP contribution is -2.20. The van der Waals surface area contributed by atoms with Crippen molar-refractivity contribution in [2.24, 2.45) is 0 Å². The van der Waals surface area contributed by atoms with Crippen LogP contribution < -0.4 is 4.90 Å². The van der Waals surface area contributed by atoms with Gasteiger partial charge in [-0.2, -0.15) is 0 Å². The van der Waals surface area contributed by atoms with Crippen molar-refractivity contribution in [3.8, 4) is 0 Å². The number of rotatable bonds is 3. The van der Waals surface area contributed by atoms with Gasteiger partial charge in [-0.15, -0.1) is 0 Å². The minimum absolute atomic E-state index is 0.669. The maximum Gasteiger partial charge on any atom is 0.150 e. The Morgan fingerprint density at radius 3 is 1.85 bits per heavy atom. The zero-order valence-electron chi connectivity index (χ0n) is 11.0. The maximum absolute atomic E-state index is 10.9. The van der Waals surface area contributed by atoms with Crippen LogP contribution in [0.3, 0.4) is 0 Å². The van der Waals surface area contributed by atoms with Crippen molar-refractivity contribution in [3.63, 3.8) is 0 Å². The molecule has 4 heteroatoms. The first-order chi connectivity index (χ1) is 9.76. The molecule has 20 heavy (non-hydrogen) atoms. The molecule has 1 aliphatic heterocycles. The maximum atomic E-state index is 10.9. The van der Waals surface area contributed by atoms with Crippen LogP contribution in [-0.4, -0.2) is 19.1 Å². The molecule has 0 radical (unpaired) electrons. The van der Waals surface area contributed by atoms with Crippen molar-refractivity contribution in [2.75, 3.05) is 11.4 Å². The summed E-state index contributed by atoms with van der Waals surface area (Å²) in [4.78, 5) is 26.1. The predicted molar refractivity (Wildman–Crippen MR) is 80.5 cm³/mol. The van der Waals surface area contributed by atoms with Crippen molar-refractivity contribution in [3.05, 3.63) is 47.5 Å². The third-order valence-electron chi connectivity index (χ3n) is 3.36. The molecule has 2 aromatic carbocycles. The van der Waals surface area contributed by atoms with Gasteiger partial charge in [0.2, 0.25) is 0 Å². The topological polar surface area (TPSA) is 37.4 Å². The van der Waals surface area contributed by atoms with Gasteiger partial charge in [-0.05, 0) is 43.3 Å². The van der Waals surface area contributed by atoms with E-state index in [4.69, 9.17) is 0 Å². The Hall–Kier alpha value is -2.07. The van der Waals surface area contributed by atoms with Crippen molar-refractivity contribution in [1.29, 1.82) is 0 Å². The second-order valence-electron chi connectivity index (χ2n) is 4.54. The average molecular weight is 283 g/mol. The lowest BCUT2D eigenvalue weighted by Gasteiger charge is -2.32. The number of anilines is 2. The third kappa shape index (κ3) is 2.02. The summed E-state index contributed by atoms with van der Waals surface area (Å²) in [5, 5.41) is 0. The fraction of sp³-hybridized carbons (Fsp3) is 0.125. The molecule has 0 amide bonds. The Bertz CT molecular complexity index is 639. The molecule has 0 aromatic heterocycles. The fourth-order valence-corrected chi connectivity index (χ4v) is 3.60. The summed E-state index contributed by atoms with van der Waals surface area (Å²) in [7, 11) is 0. The van der Waals surface area contributed by atoms with E-state index in [0.717, 1.165) is 40.3 Å². The van der Waals surface area contributed by atoms with Gasteiger partial charge in [0, 0.05) is 27.5 Å². The number of carbonyl (C=O) groups excluding carboxylic acids is 2. The highest BCUT2D eigenvalue weighted by molar-refractivity contribution is 7.99. The Balaban J connectivity index is 2.15. The van der Waals surface area contributed by atoms with Crippen LogP contribution in [0, 0.1) is 0 Å². The molecule has 0 saturated carbocycles. The first-order valence-corrected chi connectivity index (χ1v) is 7.22. The van der Waals surface area contributed by atoms with Gasteiger partial charge in [0.15, 0.2) is 0 Å². The molecule has 0 aliphatic carbocycles. The van der Waals surface area contributed by atoms with Crippen LogP contribution in [0.25, 0.3) is 0 Å². The first-order valence-electron chi connectivity index (χ1n) is 6.40. The highest BCUT2D eigenvalue weighted by Crippen LogP contribution is 2.48. The van der Waals surface area contributed by atoms with Crippen molar-refractivity contribution in [2.45, 2.75) is 16.7 Å². The van der Waals surface area contributed by atoms with Crippen LogP contribution >= 0.6 is 11.8 Å². The van der Waals surface area contributed by atoms with Crippen LogP contribution in [0.1, 0.15) is 27.6 Å². The van der Waals surface area contributed by atoms with E-state index in [1.165, 1.54) is 0 Å². The molecule has 1 aliphatic rings. The highest BCUT2D eigenvalue weighted by atomic mass is 32.2. The monoisotopic (exact) mass is 283 g/mol. The molecule has 0 bridgehead atoms. The van der Waals surface area contributed by atoms with Crippen LogP contribution in [0.2, 0.25) is 0 Å². The predicted octanol–water partition coefficient (Wildman–Crippen LogP) is 3.93. The van der Waals surface area contributed by atoms with Crippen LogP contribution in [0.4, 0.5) is 11.4 Å². The lowest BCUT2D eigenvalue weighted by atomic mass is 10.1. The summed E-state index contributed by atoms with van der Waals surface area (Å²) in [6, 6.07) is 11.4. The zero-order valence-corrected chi connectivity index (χ0v) is 11.8. The molecule has 0 spiro atoms. The second-order valence-corrected chi connectivity index (χ2v) is 5.62. The Labute approximate surface area is 121 Å². The van der Waals surface area contributed by atoms with E-state index in [0.29, 0.717) is 11.1 Å². The van der Waals surface area contributed by atoms with E-state index >= 15 is 0 Å². The van der Waals surface area contributed by atoms with Crippen LogP contribution in [0.15, 0.2) is 46.2 Å². The zero-order chi connectivity index (χ0) is 14.1. The van der Waals surface area contributed by atoms with Crippen molar-refractivity contribution in [1.82, 2.24) is 0 Å². The summed E-state index contributed by atoms with van der Waals surface area (Å²) in [5.74, 6) is 0. The Morgan fingerprint density at radius 2 is 1.45 bits per heavy atom. The summed E-state index contributed by atoms with van der Waals surface area (Å²) in [5.41, 5.74) is 3.55. The number of nitrogens with zero attached hydrogens (tertiary/aromatic N) is 1.